The Labute approximate surface area is 100.0 Å². The lowest BCUT2D eigenvalue weighted by atomic mass is 10.1. The first-order chi connectivity index (χ1) is 7.95. The minimum atomic E-state index is 0.772. The van der Waals surface area contributed by atoms with Gasteiger partial charge < -0.3 is 15.5 Å². The third kappa shape index (κ3) is 4.40. The second kappa shape index (κ2) is 7.25. The van der Waals surface area contributed by atoms with Gasteiger partial charge in [-0.1, -0.05) is 12.8 Å². The highest BCUT2D eigenvalue weighted by Crippen LogP contribution is 2.09. The number of rotatable bonds is 4. The molecule has 2 heterocycles. The summed E-state index contributed by atoms with van der Waals surface area (Å²) in [4.78, 5) is 2.64. The molecule has 0 aliphatic carbocycles. The fourth-order valence-electron chi connectivity index (χ4n) is 2.81. The third-order valence-corrected chi connectivity index (χ3v) is 3.90. The van der Waals surface area contributed by atoms with Crippen molar-refractivity contribution in [3.8, 4) is 0 Å². The Bertz CT molecular complexity index is 170. The Morgan fingerprint density at radius 2 is 1.69 bits per heavy atom. The van der Waals surface area contributed by atoms with Crippen LogP contribution in [0.15, 0.2) is 0 Å². The molecule has 2 saturated heterocycles. The van der Waals surface area contributed by atoms with Gasteiger partial charge in [0.15, 0.2) is 0 Å². The Balaban J connectivity index is 1.55. The summed E-state index contributed by atoms with van der Waals surface area (Å²) in [6.07, 6.45) is 8.32. The summed E-state index contributed by atoms with van der Waals surface area (Å²) in [7, 11) is 0. The van der Waals surface area contributed by atoms with Gasteiger partial charge in [0.25, 0.3) is 0 Å². The Hall–Kier alpha value is -0.120. The number of nitrogens with zero attached hydrogens (tertiary/aromatic N) is 1. The van der Waals surface area contributed by atoms with Crippen LogP contribution >= 0.6 is 0 Å². The van der Waals surface area contributed by atoms with Gasteiger partial charge in [0, 0.05) is 19.1 Å². The van der Waals surface area contributed by atoms with Crippen molar-refractivity contribution in [1.82, 2.24) is 15.5 Å². The van der Waals surface area contributed by atoms with Crippen LogP contribution in [0.25, 0.3) is 0 Å². The Kier molecular flexibility index (Phi) is 5.59. The first-order valence-corrected chi connectivity index (χ1v) is 7.11. The van der Waals surface area contributed by atoms with Crippen molar-refractivity contribution in [2.24, 2.45) is 0 Å². The summed E-state index contributed by atoms with van der Waals surface area (Å²) >= 11 is 0. The molecule has 2 N–H and O–H groups in total. The molecule has 3 nitrogen and oxygen atoms in total. The van der Waals surface area contributed by atoms with E-state index in [-0.39, 0.29) is 0 Å². The molecule has 0 spiro atoms. The van der Waals surface area contributed by atoms with Crippen LogP contribution < -0.4 is 10.6 Å². The molecule has 0 aromatic heterocycles. The van der Waals surface area contributed by atoms with Gasteiger partial charge >= 0.3 is 0 Å². The molecule has 16 heavy (non-hydrogen) atoms. The van der Waals surface area contributed by atoms with Gasteiger partial charge in [0.2, 0.25) is 0 Å². The van der Waals surface area contributed by atoms with E-state index in [1.165, 1.54) is 77.8 Å². The lowest BCUT2D eigenvalue weighted by molar-refractivity contribution is 0.272. The topological polar surface area (TPSA) is 27.3 Å². The fourth-order valence-corrected chi connectivity index (χ4v) is 2.81. The van der Waals surface area contributed by atoms with E-state index >= 15 is 0 Å². The molecule has 2 fully saturated rings. The normalized spacial score (nSPS) is 25.5. The largest absolute Gasteiger partial charge is 0.317 e. The number of likely N-dealkylation sites (tertiary alicyclic amines) is 1. The van der Waals surface area contributed by atoms with Gasteiger partial charge in [-0.15, -0.1) is 0 Å². The van der Waals surface area contributed by atoms with Crippen LogP contribution in [0.5, 0.6) is 0 Å². The van der Waals surface area contributed by atoms with E-state index in [0.717, 1.165) is 6.04 Å². The predicted octanol–water partition coefficient (Wildman–Crippen LogP) is 1.20. The molecule has 0 aromatic carbocycles. The maximum atomic E-state index is 3.71. The summed E-state index contributed by atoms with van der Waals surface area (Å²) in [6, 6.07) is 0.772. The Morgan fingerprint density at radius 1 is 1.00 bits per heavy atom. The highest BCUT2D eigenvalue weighted by atomic mass is 15.1. The molecule has 0 amide bonds. The summed E-state index contributed by atoms with van der Waals surface area (Å²) < 4.78 is 0. The summed E-state index contributed by atoms with van der Waals surface area (Å²) in [5.74, 6) is 0. The highest BCUT2D eigenvalue weighted by Gasteiger charge is 2.13. The molecule has 0 unspecified atom stereocenters. The number of nitrogens with one attached hydrogen (secondary N) is 2. The molecule has 0 bridgehead atoms. The van der Waals surface area contributed by atoms with Crippen molar-refractivity contribution in [3.63, 3.8) is 0 Å². The maximum absolute atomic E-state index is 3.71. The van der Waals surface area contributed by atoms with Gasteiger partial charge in [-0.05, 0) is 51.9 Å². The van der Waals surface area contributed by atoms with Crippen molar-refractivity contribution in [2.75, 3.05) is 39.3 Å². The smallest absolute Gasteiger partial charge is 0.0107 e. The van der Waals surface area contributed by atoms with Crippen LogP contribution in [0, 0.1) is 0 Å². The van der Waals surface area contributed by atoms with Crippen LogP contribution in [-0.4, -0.2) is 50.2 Å². The molecule has 94 valence electrons. The van der Waals surface area contributed by atoms with Crippen LogP contribution in [0.3, 0.4) is 0 Å². The molecule has 3 heteroatoms. The van der Waals surface area contributed by atoms with Crippen molar-refractivity contribution < 1.29 is 0 Å². The summed E-state index contributed by atoms with van der Waals surface area (Å²) in [5.41, 5.74) is 0. The average Bonchev–Trinajstić information content (AvgIpc) is 2.59. The second-order valence-electron chi connectivity index (χ2n) is 5.23. The molecule has 0 atom stereocenters. The average molecular weight is 225 g/mol. The van der Waals surface area contributed by atoms with E-state index in [2.05, 4.69) is 15.5 Å². The Morgan fingerprint density at radius 3 is 2.38 bits per heavy atom. The number of hydrogen-bond acceptors (Lipinski definition) is 3. The van der Waals surface area contributed by atoms with E-state index in [1.54, 1.807) is 0 Å². The molecule has 0 aromatic rings. The molecule has 0 radical (unpaired) electrons. The fraction of sp³-hybridized carbons (Fsp3) is 1.00. The summed E-state index contributed by atoms with van der Waals surface area (Å²) in [5, 5.41) is 7.12. The van der Waals surface area contributed by atoms with Crippen LogP contribution in [0.2, 0.25) is 0 Å². The third-order valence-electron chi connectivity index (χ3n) is 3.90. The quantitative estimate of drug-likeness (QED) is 0.753. The highest BCUT2D eigenvalue weighted by molar-refractivity contribution is 4.75. The standard InChI is InChI=1S/C13H27N3/c1-2-4-11-16(10-3-1)12-9-15-13-5-7-14-8-6-13/h13-15H,1-12H2. The van der Waals surface area contributed by atoms with Gasteiger partial charge in [-0.25, -0.2) is 0 Å². The zero-order valence-corrected chi connectivity index (χ0v) is 10.5. The van der Waals surface area contributed by atoms with Gasteiger partial charge in [-0.2, -0.15) is 0 Å². The van der Waals surface area contributed by atoms with Gasteiger partial charge in [-0.3, -0.25) is 0 Å². The van der Waals surface area contributed by atoms with Gasteiger partial charge in [0.1, 0.15) is 0 Å². The monoisotopic (exact) mass is 225 g/mol. The molecular weight excluding hydrogens is 198 g/mol. The van der Waals surface area contributed by atoms with E-state index in [0.29, 0.717) is 0 Å². The predicted molar refractivity (Wildman–Crippen MR) is 68.8 cm³/mol. The molecular formula is C13H27N3. The van der Waals surface area contributed by atoms with Crippen molar-refractivity contribution in [2.45, 2.75) is 44.6 Å². The SMILES string of the molecule is C1CCCN(CCNC2CCNCC2)CC1. The lowest BCUT2D eigenvalue weighted by Crippen LogP contribution is -2.43. The van der Waals surface area contributed by atoms with Crippen LogP contribution in [-0.2, 0) is 0 Å². The van der Waals surface area contributed by atoms with Crippen LogP contribution in [0.1, 0.15) is 38.5 Å². The molecule has 2 aliphatic heterocycles. The van der Waals surface area contributed by atoms with Gasteiger partial charge in [0.05, 0.1) is 0 Å². The minimum Gasteiger partial charge on any atom is -0.317 e. The lowest BCUT2D eigenvalue weighted by Gasteiger charge is -2.26. The van der Waals surface area contributed by atoms with E-state index in [4.69, 9.17) is 0 Å². The molecule has 2 rings (SSSR count). The molecule has 2 aliphatic rings. The molecule has 0 saturated carbocycles. The minimum absolute atomic E-state index is 0.772. The van der Waals surface area contributed by atoms with Crippen LogP contribution in [0.4, 0.5) is 0 Å². The maximum Gasteiger partial charge on any atom is 0.0107 e. The summed E-state index contributed by atoms with van der Waals surface area (Å²) in [6.45, 7) is 7.49. The first-order valence-electron chi connectivity index (χ1n) is 7.11. The van der Waals surface area contributed by atoms with E-state index in [9.17, 15) is 0 Å². The van der Waals surface area contributed by atoms with E-state index < -0.39 is 0 Å². The zero-order valence-electron chi connectivity index (χ0n) is 10.5. The zero-order chi connectivity index (χ0) is 11.1. The number of hydrogen-bond donors (Lipinski definition) is 2. The van der Waals surface area contributed by atoms with Crippen molar-refractivity contribution >= 4 is 0 Å². The first kappa shape index (κ1) is 12.3. The van der Waals surface area contributed by atoms with Crippen molar-refractivity contribution in [1.29, 1.82) is 0 Å². The van der Waals surface area contributed by atoms with E-state index in [1.807, 2.05) is 0 Å². The van der Waals surface area contributed by atoms with Crippen molar-refractivity contribution in [3.05, 3.63) is 0 Å². The number of piperidine rings is 1. The second-order valence-corrected chi connectivity index (χ2v) is 5.23.